The maximum Gasteiger partial charge on any atom is 0.0793 e. The Labute approximate surface area is 135 Å². The molecule has 0 aromatic rings. The number of aliphatic hydroxyl groups is 2. The van der Waals surface area contributed by atoms with Crippen LogP contribution in [0.25, 0.3) is 0 Å². The zero-order valence-electron chi connectivity index (χ0n) is 14.6. The molecule has 0 saturated carbocycles. The predicted octanol–water partition coefficient (Wildman–Crippen LogP) is 0.466. The molecule has 3 atom stereocenters. The van der Waals surface area contributed by atoms with E-state index in [1.54, 1.807) is 0 Å². The van der Waals surface area contributed by atoms with Crippen molar-refractivity contribution in [3.05, 3.63) is 0 Å². The standard InChI is InChI=1S/C17H35N3O2/c1-14-4-6-18(7-5-14)12-17(22)13-19-8-9-20(11-16(3)21)15(2)10-19/h14-17,21-22H,4-13H2,1-3H3. The number of nitrogens with zero attached hydrogens (tertiary/aromatic N) is 3. The van der Waals surface area contributed by atoms with Gasteiger partial charge in [0.15, 0.2) is 0 Å². The summed E-state index contributed by atoms with van der Waals surface area (Å²) in [5.41, 5.74) is 0. The van der Waals surface area contributed by atoms with E-state index in [9.17, 15) is 10.2 Å². The first kappa shape index (κ1) is 18.1. The number of rotatable bonds is 6. The highest BCUT2D eigenvalue weighted by Gasteiger charge is 2.26. The molecular weight excluding hydrogens is 278 g/mol. The lowest BCUT2D eigenvalue weighted by atomic mass is 9.99. The van der Waals surface area contributed by atoms with Gasteiger partial charge < -0.3 is 15.1 Å². The topological polar surface area (TPSA) is 50.2 Å². The molecule has 22 heavy (non-hydrogen) atoms. The first-order valence-corrected chi connectivity index (χ1v) is 8.99. The van der Waals surface area contributed by atoms with Crippen LogP contribution in [0.2, 0.25) is 0 Å². The van der Waals surface area contributed by atoms with Crippen LogP contribution in [0.5, 0.6) is 0 Å². The van der Waals surface area contributed by atoms with Crippen molar-refractivity contribution in [3.63, 3.8) is 0 Å². The highest BCUT2D eigenvalue weighted by molar-refractivity contribution is 4.82. The predicted molar refractivity (Wildman–Crippen MR) is 90.0 cm³/mol. The number of likely N-dealkylation sites (tertiary alicyclic amines) is 1. The SMILES string of the molecule is CC(O)CN1CCN(CC(O)CN2CCC(C)CC2)CC1C. The second-order valence-corrected chi connectivity index (χ2v) is 7.59. The molecule has 130 valence electrons. The number of piperazine rings is 1. The highest BCUT2D eigenvalue weighted by atomic mass is 16.3. The number of aliphatic hydroxyl groups excluding tert-OH is 2. The van der Waals surface area contributed by atoms with Crippen molar-refractivity contribution in [2.75, 3.05) is 52.4 Å². The Morgan fingerprint density at radius 2 is 1.55 bits per heavy atom. The van der Waals surface area contributed by atoms with Gasteiger partial charge in [0, 0.05) is 45.3 Å². The molecule has 0 aromatic heterocycles. The Morgan fingerprint density at radius 1 is 0.909 bits per heavy atom. The summed E-state index contributed by atoms with van der Waals surface area (Å²) in [5.74, 6) is 0.844. The highest BCUT2D eigenvalue weighted by Crippen LogP contribution is 2.16. The third-order valence-electron chi connectivity index (χ3n) is 5.16. The van der Waals surface area contributed by atoms with Gasteiger partial charge in [-0.15, -0.1) is 0 Å². The van der Waals surface area contributed by atoms with Crippen molar-refractivity contribution >= 4 is 0 Å². The molecule has 0 radical (unpaired) electrons. The molecule has 2 aliphatic rings. The summed E-state index contributed by atoms with van der Waals surface area (Å²) in [4.78, 5) is 7.14. The van der Waals surface area contributed by atoms with Crippen LogP contribution in [0, 0.1) is 5.92 Å². The molecule has 0 amide bonds. The Balaban J connectivity index is 1.68. The largest absolute Gasteiger partial charge is 0.392 e. The molecule has 2 saturated heterocycles. The van der Waals surface area contributed by atoms with Gasteiger partial charge in [0.25, 0.3) is 0 Å². The fourth-order valence-electron chi connectivity index (χ4n) is 3.75. The van der Waals surface area contributed by atoms with Gasteiger partial charge in [0.1, 0.15) is 0 Å². The van der Waals surface area contributed by atoms with Crippen LogP contribution in [0.1, 0.15) is 33.6 Å². The maximum absolute atomic E-state index is 10.4. The Bertz CT molecular complexity index is 319. The zero-order valence-corrected chi connectivity index (χ0v) is 14.6. The molecule has 2 aliphatic heterocycles. The van der Waals surface area contributed by atoms with Gasteiger partial charge >= 0.3 is 0 Å². The average molecular weight is 313 g/mol. The van der Waals surface area contributed by atoms with Crippen LogP contribution >= 0.6 is 0 Å². The quantitative estimate of drug-likeness (QED) is 0.746. The van der Waals surface area contributed by atoms with Crippen LogP contribution in [-0.4, -0.2) is 95.5 Å². The minimum Gasteiger partial charge on any atom is -0.392 e. The van der Waals surface area contributed by atoms with Crippen molar-refractivity contribution < 1.29 is 10.2 Å². The van der Waals surface area contributed by atoms with Gasteiger partial charge in [0.05, 0.1) is 12.2 Å². The lowest BCUT2D eigenvalue weighted by Crippen LogP contribution is -2.55. The molecule has 0 aliphatic carbocycles. The van der Waals surface area contributed by atoms with E-state index in [0.717, 1.165) is 58.3 Å². The summed E-state index contributed by atoms with van der Waals surface area (Å²) in [7, 11) is 0. The molecule has 2 fully saturated rings. The minimum atomic E-state index is -0.263. The second-order valence-electron chi connectivity index (χ2n) is 7.59. The van der Waals surface area contributed by atoms with E-state index in [1.807, 2.05) is 6.92 Å². The van der Waals surface area contributed by atoms with Crippen LogP contribution in [-0.2, 0) is 0 Å². The van der Waals surface area contributed by atoms with Crippen LogP contribution in [0.15, 0.2) is 0 Å². The summed E-state index contributed by atoms with van der Waals surface area (Å²) >= 11 is 0. The van der Waals surface area contributed by atoms with Gasteiger partial charge in [0.2, 0.25) is 0 Å². The summed E-state index contributed by atoms with van der Waals surface area (Å²) in [6.07, 6.45) is 2.02. The fraction of sp³-hybridized carbons (Fsp3) is 1.00. The average Bonchev–Trinajstić information content (AvgIpc) is 2.44. The molecule has 0 bridgehead atoms. The molecule has 5 nitrogen and oxygen atoms in total. The molecule has 2 rings (SSSR count). The lowest BCUT2D eigenvalue weighted by Gasteiger charge is -2.41. The van der Waals surface area contributed by atoms with Gasteiger partial charge in [-0.2, -0.15) is 0 Å². The van der Waals surface area contributed by atoms with E-state index in [1.165, 1.54) is 12.8 Å². The van der Waals surface area contributed by atoms with Crippen molar-refractivity contribution in [2.45, 2.75) is 51.9 Å². The number of hydrogen-bond donors (Lipinski definition) is 2. The molecule has 0 aromatic carbocycles. The van der Waals surface area contributed by atoms with Crippen molar-refractivity contribution in [1.82, 2.24) is 14.7 Å². The minimum absolute atomic E-state index is 0.246. The van der Waals surface area contributed by atoms with Gasteiger partial charge in [-0.25, -0.2) is 0 Å². The van der Waals surface area contributed by atoms with E-state index < -0.39 is 0 Å². The summed E-state index contributed by atoms with van der Waals surface area (Å²) in [6.45, 7) is 14.0. The Kier molecular flexibility index (Phi) is 7.09. The molecule has 2 N–H and O–H groups in total. The third kappa shape index (κ3) is 5.78. The monoisotopic (exact) mass is 313 g/mol. The van der Waals surface area contributed by atoms with Crippen LogP contribution in [0.4, 0.5) is 0 Å². The van der Waals surface area contributed by atoms with E-state index in [2.05, 4.69) is 28.5 Å². The van der Waals surface area contributed by atoms with Crippen LogP contribution < -0.4 is 0 Å². The normalized spacial score (nSPS) is 29.6. The molecule has 3 unspecified atom stereocenters. The van der Waals surface area contributed by atoms with E-state index in [-0.39, 0.29) is 12.2 Å². The fourth-order valence-corrected chi connectivity index (χ4v) is 3.75. The summed E-state index contributed by atoms with van der Waals surface area (Å²) in [5, 5.41) is 19.9. The Hall–Kier alpha value is -0.200. The first-order chi connectivity index (χ1) is 10.4. The lowest BCUT2D eigenvalue weighted by molar-refractivity contribution is 0.0132. The van der Waals surface area contributed by atoms with Gasteiger partial charge in [-0.1, -0.05) is 6.92 Å². The summed E-state index contributed by atoms with van der Waals surface area (Å²) in [6, 6.07) is 0.450. The van der Waals surface area contributed by atoms with Crippen LogP contribution in [0.3, 0.4) is 0 Å². The molecule has 5 heteroatoms. The molecular formula is C17H35N3O2. The van der Waals surface area contributed by atoms with Crippen molar-refractivity contribution in [2.24, 2.45) is 5.92 Å². The van der Waals surface area contributed by atoms with Crippen molar-refractivity contribution in [1.29, 1.82) is 0 Å². The Morgan fingerprint density at radius 3 is 2.14 bits per heavy atom. The van der Waals surface area contributed by atoms with E-state index in [4.69, 9.17) is 0 Å². The molecule has 2 heterocycles. The second kappa shape index (κ2) is 8.60. The first-order valence-electron chi connectivity index (χ1n) is 8.99. The van der Waals surface area contributed by atoms with Gasteiger partial charge in [-0.3, -0.25) is 9.80 Å². The van der Waals surface area contributed by atoms with E-state index in [0.29, 0.717) is 6.04 Å². The van der Waals surface area contributed by atoms with Gasteiger partial charge in [-0.05, 0) is 45.7 Å². The maximum atomic E-state index is 10.4. The smallest absolute Gasteiger partial charge is 0.0793 e. The number of piperidine rings is 1. The number of β-amino-alcohol motifs (C(OH)–C–C–N with tert-alkyl or cyclic N) is 2. The zero-order chi connectivity index (χ0) is 16.1. The summed E-state index contributed by atoms with van der Waals surface area (Å²) < 4.78 is 0. The number of hydrogen-bond acceptors (Lipinski definition) is 5. The molecule has 0 spiro atoms. The van der Waals surface area contributed by atoms with E-state index >= 15 is 0 Å². The van der Waals surface area contributed by atoms with Crippen molar-refractivity contribution in [3.8, 4) is 0 Å². The third-order valence-corrected chi connectivity index (χ3v) is 5.16.